The second-order valence-electron chi connectivity index (χ2n) is 3.56. The van der Waals surface area contributed by atoms with Gasteiger partial charge in [-0.2, -0.15) is 0 Å². The molecule has 1 amide bonds. The Bertz CT molecular complexity index is 463. The second kappa shape index (κ2) is 6.55. The van der Waals surface area contributed by atoms with Crippen LogP contribution in [0.5, 0.6) is 5.75 Å². The van der Waals surface area contributed by atoms with E-state index >= 15 is 0 Å². The van der Waals surface area contributed by atoms with Crippen LogP contribution in [0.15, 0.2) is 18.2 Å². The number of benzene rings is 1. The molecule has 0 spiro atoms. The number of aliphatic hydroxyl groups is 1. The Balaban J connectivity index is 2.50. The topological polar surface area (TPSA) is 107 Å². The van der Waals surface area contributed by atoms with Crippen molar-refractivity contribution in [3.8, 4) is 5.75 Å². The molecule has 6 nitrogen and oxygen atoms in total. The fourth-order valence-corrected chi connectivity index (χ4v) is 1.54. The molecule has 0 saturated carbocycles. The van der Waals surface area contributed by atoms with Crippen LogP contribution in [-0.2, 0) is 4.79 Å². The second-order valence-corrected chi connectivity index (χ2v) is 4.73. The summed E-state index contributed by atoms with van der Waals surface area (Å²) in [6, 6.07) is 4.46. The number of phenolic OH excluding ortho intramolecular Hbond substituents is 1. The summed E-state index contributed by atoms with van der Waals surface area (Å²) < 4.78 is 0.630. The Labute approximate surface area is 117 Å². The van der Waals surface area contributed by atoms with Crippen LogP contribution in [0.3, 0.4) is 0 Å². The quantitative estimate of drug-likeness (QED) is 0.571. The lowest BCUT2D eigenvalue weighted by atomic mass is 10.2. The van der Waals surface area contributed by atoms with E-state index in [1.165, 1.54) is 6.07 Å². The van der Waals surface area contributed by atoms with Crippen molar-refractivity contribution in [2.24, 2.45) is 0 Å². The number of aliphatic hydroxyl groups excluding tert-OH is 1. The summed E-state index contributed by atoms with van der Waals surface area (Å²) in [5, 5.41) is 29.3. The maximum atomic E-state index is 11.6. The van der Waals surface area contributed by atoms with Gasteiger partial charge in [0, 0.05) is 18.5 Å². The molecule has 0 radical (unpaired) electrons. The van der Waals surface area contributed by atoms with Crippen molar-refractivity contribution in [3.05, 3.63) is 27.3 Å². The van der Waals surface area contributed by atoms with Crippen LogP contribution >= 0.6 is 22.6 Å². The molecule has 98 valence electrons. The summed E-state index contributed by atoms with van der Waals surface area (Å²) in [5.74, 6) is -1.75. The van der Waals surface area contributed by atoms with Gasteiger partial charge in [0.05, 0.1) is 3.57 Å². The number of aliphatic carboxylic acids is 1. The summed E-state index contributed by atoms with van der Waals surface area (Å²) in [4.78, 5) is 21.9. The van der Waals surface area contributed by atoms with Crippen molar-refractivity contribution in [1.29, 1.82) is 0 Å². The number of hydrogen-bond acceptors (Lipinski definition) is 4. The molecule has 1 unspecified atom stereocenters. The molecule has 0 heterocycles. The van der Waals surface area contributed by atoms with E-state index in [0.717, 1.165) is 0 Å². The van der Waals surface area contributed by atoms with Crippen LogP contribution in [0.1, 0.15) is 16.8 Å². The average molecular weight is 365 g/mol. The minimum Gasteiger partial charge on any atom is -0.507 e. The number of rotatable bonds is 5. The summed E-state index contributed by atoms with van der Waals surface area (Å²) in [5.41, 5.74) is 0.276. The van der Waals surface area contributed by atoms with E-state index in [2.05, 4.69) is 5.32 Å². The van der Waals surface area contributed by atoms with Crippen LogP contribution < -0.4 is 5.32 Å². The van der Waals surface area contributed by atoms with Crippen LogP contribution in [-0.4, -0.2) is 39.8 Å². The Morgan fingerprint density at radius 2 is 2.06 bits per heavy atom. The molecule has 0 aliphatic rings. The molecule has 4 N–H and O–H groups in total. The van der Waals surface area contributed by atoms with Gasteiger partial charge in [0.15, 0.2) is 6.10 Å². The first kappa shape index (κ1) is 14.7. The largest absolute Gasteiger partial charge is 0.507 e. The van der Waals surface area contributed by atoms with Crippen LogP contribution in [0.25, 0.3) is 0 Å². The average Bonchev–Trinajstić information content (AvgIpc) is 2.32. The Morgan fingerprint density at radius 3 is 2.61 bits per heavy atom. The highest BCUT2D eigenvalue weighted by molar-refractivity contribution is 14.1. The summed E-state index contributed by atoms with van der Waals surface area (Å²) in [7, 11) is 0. The summed E-state index contributed by atoms with van der Waals surface area (Å²) in [6.07, 6.45) is -1.56. The fourth-order valence-electron chi connectivity index (χ4n) is 1.20. The van der Waals surface area contributed by atoms with E-state index in [1.807, 2.05) is 22.6 Å². The number of hydrogen-bond donors (Lipinski definition) is 4. The summed E-state index contributed by atoms with van der Waals surface area (Å²) in [6.45, 7) is 0.0407. The first-order valence-electron chi connectivity index (χ1n) is 5.09. The molecule has 18 heavy (non-hydrogen) atoms. The van der Waals surface area contributed by atoms with Crippen molar-refractivity contribution in [2.75, 3.05) is 6.54 Å². The van der Waals surface area contributed by atoms with Gasteiger partial charge in [-0.3, -0.25) is 4.79 Å². The Hall–Kier alpha value is -1.35. The van der Waals surface area contributed by atoms with Crippen molar-refractivity contribution < 1.29 is 24.9 Å². The van der Waals surface area contributed by atoms with Crippen molar-refractivity contribution >= 4 is 34.5 Å². The van der Waals surface area contributed by atoms with E-state index in [9.17, 15) is 14.7 Å². The highest BCUT2D eigenvalue weighted by atomic mass is 127. The molecular formula is C11H12INO5. The van der Waals surface area contributed by atoms with E-state index in [0.29, 0.717) is 3.57 Å². The van der Waals surface area contributed by atoms with Gasteiger partial charge in [0.2, 0.25) is 0 Å². The standard InChI is InChI=1S/C11H12INO5/c12-7-2-1-6(5-9(7)15)10(16)13-4-3-8(14)11(17)18/h1-2,5,8,14-15H,3-4H2,(H,13,16)(H,17,18). The number of amides is 1. The molecule has 1 atom stereocenters. The molecule has 7 heteroatoms. The maximum Gasteiger partial charge on any atom is 0.332 e. The molecule has 0 bridgehead atoms. The van der Waals surface area contributed by atoms with Gasteiger partial charge in [-0.25, -0.2) is 4.79 Å². The summed E-state index contributed by atoms with van der Waals surface area (Å²) >= 11 is 1.93. The predicted molar refractivity (Wildman–Crippen MR) is 71.4 cm³/mol. The third-order valence-electron chi connectivity index (χ3n) is 2.20. The molecule has 0 aliphatic carbocycles. The predicted octanol–water partition coefficient (Wildman–Crippen LogP) is 0.562. The number of carboxylic acids is 1. The smallest absolute Gasteiger partial charge is 0.332 e. The van der Waals surface area contributed by atoms with Gasteiger partial charge in [0.1, 0.15) is 5.75 Å². The SMILES string of the molecule is O=C(NCCC(O)C(=O)O)c1ccc(I)c(O)c1. The maximum absolute atomic E-state index is 11.6. The molecule has 0 aromatic heterocycles. The monoisotopic (exact) mass is 365 g/mol. The normalized spacial score (nSPS) is 11.9. The molecule has 0 aliphatic heterocycles. The fraction of sp³-hybridized carbons (Fsp3) is 0.273. The van der Waals surface area contributed by atoms with Gasteiger partial charge in [-0.1, -0.05) is 0 Å². The van der Waals surface area contributed by atoms with Crippen LogP contribution in [0.4, 0.5) is 0 Å². The number of halogens is 1. The minimum atomic E-state index is -1.49. The van der Waals surface area contributed by atoms with Gasteiger partial charge in [0.25, 0.3) is 5.91 Å². The zero-order valence-electron chi connectivity index (χ0n) is 9.26. The van der Waals surface area contributed by atoms with Crippen molar-refractivity contribution in [3.63, 3.8) is 0 Å². The lowest BCUT2D eigenvalue weighted by Gasteiger charge is -2.08. The van der Waals surface area contributed by atoms with Gasteiger partial charge < -0.3 is 20.6 Å². The number of nitrogens with one attached hydrogen (secondary N) is 1. The van der Waals surface area contributed by atoms with E-state index < -0.39 is 18.0 Å². The Morgan fingerprint density at radius 1 is 1.39 bits per heavy atom. The van der Waals surface area contributed by atoms with Crippen LogP contribution in [0.2, 0.25) is 0 Å². The van der Waals surface area contributed by atoms with E-state index in [-0.39, 0.29) is 24.3 Å². The highest BCUT2D eigenvalue weighted by Crippen LogP contribution is 2.20. The number of carbonyl (C=O) groups excluding carboxylic acids is 1. The first-order valence-corrected chi connectivity index (χ1v) is 6.17. The molecule has 1 aromatic rings. The lowest BCUT2D eigenvalue weighted by Crippen LogP contribution is -2.30. The van der Waals surface area contributed by atoms with Gasteiger partial charge in [-0.15, -0.1) is 0 Å². The van der Waals surface area contributed by atoms with Gasteiger partial charge >= 0.3 is 5.97 Å². The molecule has 1 rings (SSSR count). The van der Waals surface area contributed by atoms with Gasteiger partial charge in [-0.05, 0) is 40.8 Å². The number of aromatic hydroxyl groups is 1. The van der Waals surface area contributed by atoms with Crippen LogP contribution in [0, 0.1) is 3.57 Å². The zero-order valence-corrected chi connectivity index (χ0v) is 11.4. The number of carbonyl (C=O) groups is 2. The molecular weight excluding hydrogens is 353 g/mol. The molecule has 1 aromatic carbocycles. The third-order valence-corrected chi connectivity index (χ3v) is 3.11. The third kappa shape index (κ3) is 4.15. The molecule has 0 fully saturated rings. The van der Waals surface area contributed by atoms with Crippen molar-refractivity contribution in [2.45, 2.75) is 12.5 Å². The highest BCUT2D eigenvalue weighted by Gasteiger charge is 2.13. The lowest BCUT2D eigenvalue weighted by molar-refractivity contribution is -0.146. The Kier molecular flexibility index (Phi) is 5.35. The zero-order chi connectivity index (χ0) is 13.7. The number of phenols is 1. The number of carboxylic acid groups (broad SMARTS) is 1. The minimum absolute atomic E-state index is 0.00817. The first-order chi connectivity index (χ1) is 8.41. The van der Waals surface area contributed by atoms with Crippen molar-refractivity contribution in [1.82, 2.24) is 5.32 Å². The van der Waals surface area contributed by atoms with E-state index in [1.54, 1.807) is 12.1 Å². The van der Waals surface area contributed by atoms with E-state index in [4.69, 9.17) is 10.2 Å². The molecule has 0 saturated heterocycles.